The normalized spacial score (nSPS) is 19.0. The van der Waals surface area contributed by atoms with E-state index in [1.165, 1.54) is 122 Å². The van der Waals surface area contributed by atoms with Crippen molar-refractivity contribution in [1.29, 1.82) is 0 Å². The zero-order valence-corrected chi connectivity index (χ0v) is 24.1. The SMILES string of the molecule is CCCCCCCCCCCCCCCCCCC1=C([Si]C2(C)C=CC=CC2)Cc2ccccc21. The van der Waals surface area contributed by atoms with E-state index in [-0.39, 0.29) is 0 Å². The Morgan fingerprint density at radius 2 is 1.29 bits per heavy atom. The monoisotopic (exact) mass is 488 g/mol. The minimum absolute atomic E-state index is 0.325. The van der Waals surface area contributed by atoms with Crippen LogP contribution in [0.15, 0.2) is 53.8 Å². The summed E-state index contributed by atoms with van der Waals surface area (Å²) in [4.78, 5) is 0. The Hall–Kier alpha value is -1.34. The van der Waals surface area contributed by atoms with E-state index >= 15 is 0 Å². The van der Waals surface area contributed by atoms with E-state index in [0.717, 1.165) is 9.52 Å². The highest BCUT2D eigenvalue weighted by atomic mass is 28.2. The van der Waals surface area contributed by atoms with Crippen LogP contribution in [-0.2, 0) is 6.42 Å². The Kier molecular flexibility index (Phi) is 13.2. The molecule has 1 aromatic carbocycles. The molecule has 0 bridgehead atoms. The van der Waals surface area contributed by atoms with Gasteiger partial charge in [-0.1, -0.05) is 164 Å². The van der Waals surface area contributed by atoms with Crippen LogP contribution in [0.1, 0.15) is 141 Å². The maximum Gasteiger partial charge on any atom is 0.0875 e. The average molecular weight is 489 g/mol. The van der Waals surface area contributed by atoms with Crippen molar-refractivity contribution in [2.24, 2.45) is 0 Å². The van der Waals surface area contributed by atoms with Crippen molar-refractivity contribution in [3.8, 4) is 0 Å². The van der Waals surface area contributed by atoms with Crippen molar-refractivity contribution < 1.29 is 0 Å². The third kappa shape index (κ3) is 10.3. The largest absolute Gasteiger partial charge is 0.0875 e. The van der Waals surface area contributed by atoms with Gasteiger partial charge >= 0.3 is 0 Å². The van der Waals surface area contributed by atoms with E-state index in [9.17, 15) is 0 Å². The fourth-order valence-corrected chi connectivity index (χ4v) is 7.63. The molecule has 2 aliphatic rings. The molecule has 2 aliphatic carbocycles. The summed E-state index contributed by atoms with van der Waals surface area (Å²) in [6.45, 7) is 4.76. The molecular weight excluding hydrogens is 436 g/mol. The van der Waals surface area contributed by atoms with Crippen LogP contribution in [0, 0.1) is 0 Å². The standard InChI is InChI=1S/C34H52Si/c1-3-4-5-6-7-8-9-10-11-12-13-14-15-16-17-19-26-32-31-25-21-20-24-30(31)29-33(32)35-34(2)27-22-18-23-28-34/h18,20-25,27H,3-17,19,26,28-29H2,1-2H3. The van der Waals surface area contributed by atoms with E-state index in [1.54, 1.807) is 21.9 Å². The van der Waals surface area contributed by atoms with Crippen molar-refractivity contribution in [3.63, 3.8) is 0 Å². The fourth-order valence-electron chi connectivity index (χ4n) is 5.85. The smallest absolute Gasteiger partial charge is 0.0840 e. The maximum absolute atomic E-state index is 2.45. The number of allylic oxidation sites excluding steroid dienone is 6. The summed E-state index contributed by atoms with van der Waals surface area (Å²) < 4.78 is 0. The van der Waals surface area contributed by atoms with Crippen molar-refractivity contribution >= 4 is 15.1 Å². The Balaban J connectivity index is 1.26. The van der Waals surface area contributed by atoms with Crippen LogP contribution >= 0.6 is 0 Å². The Morgan fingerprint density at radius 3 is 1.86 bits per heavy atom. The lowest BCUT2D eigenvalue weighted by atomic mass is 9.99. The summed E-state index contributed by atoms with van der Waals surface area (Å²) in [5.74, 6) is 0. The van der Waals surface area contributed by atoms with Crippen LogP contribution in [0.2, 0.25) is 5.04 Å². The van der Waals surface area contributed by atoms with Crippen LogP contribution in [0.25, 0.3) is 5.57 Å². The van der Waals surface area contributed by atoms with Gasteiger partial charge in [0.2, 0.25) is 0 Å². The van der Waals surface area contributed by atoms with E-state index in [2.05, 4.69) is 62.4 Å². The van der Waals surface area contributed by atoms with E-state index < -0.39 is 0 Å². The second-order valence-corrected chi connectivity index (χ2v) is 13.4. The van der Waals surface area contributed by atoms with Crippen molar-refractivity contribution in [2.45, 2.75) is 141 Å². The lowest BCUT2D eigenvalue weighted by Crippen LogP contribution is -2.18. The first-order chi connectivity index (χ1) is 17.2. The minimum Gasteiger partial charge on any atom is -0.0840 e. The van der Waals surface area contributed by atoms with Gasteiger partial charge in [-0.2, -0.15) is 0 Å². The topological polar surface area (TPSA) is 0 Å². The third-order valence-corrected chi connectivity index (χ3v) is 9.77. The lowest BCUT2D eigenvalue weighted by molar-refractivity contribution is 0.530. The quantitative estimate of drug-likeness (QED) is 0.134. The van der Waals surface area contributed by atoms with Gasteiger partial charge in [0.1, 0.15) is 0 Å². The molecule has 1 unspecified atom stereocenters. The van der Waals surface area contributed by atoms with Gasteiger partial charge in [0, 0.05) is 0 Å². The van der Waals surface area contributed by atoms with Crippen molar-refractivity contribution in [2.75, 3.05) is 0 Å². The number of fused-ring (bicyclic) bond motifs is 1. The van der Waals surface area contributed by atoms with Crippen molar-refractivity contribution in [1.82, 2.24) is 0 Å². The number of rotatable bonds is 19. The zero-order valence-electron chi connectivity index (χ0n) is 23.1. The second-order valence-electron chi connectivity index (χ2n) is 11.4. The van der Waals surface area contributed by atoms with E-state index in [0.29, 0.717) is 5.04 Å². The molecule has 1 atom stereocenters. The van der Waals surface area contributed by atoms with Gasteiger partial charge < -0.3 is 0 Å². The Labute approximate surface area is 220 Å². The van der Waals surface area contributed by atoms with Crippen LogP contribution < -0.4 is 0 Å². The molecule has 0 aromatic heterocycles. The van der Waals surface area contributed by atoms with Crippen molar-refractivity contribution in [3.05, 3.63) is 64.9 Å². The van der Waals surface area contributed by atoms with Gasteiger partial charge in [0.25, 0.3) is 0 Å². The molecule has 1 aromatic rings. The van der Waals surface area contributed by atoms with E-state index in [4.69, 9.17) is 0 Å². The maximum atomic E-state index is 2.45. The first-order valence-electron chi connectivity index (χ1n) is 15.1. The molecule has 192 valence electrons. The first kappa shape index (κ1) is 28.2. The number of hydrogen-bond acceptors (Lipinski definition) is 0. The summed E-state index contributed by atoms with van der Waals surface area (Å²) in [6, 6.07) is 9.21. The summed E-state index contributed by atoms with van der Waals surface area (Å²) in [7, 11) is 0.917. The highest BCUT2D eigenvalue weighted by Gasteiger charge is 2.29. The predicted molar refractivity (Wildman–Crippen MR) is 158 cm³/mol. The first-order valence-corrected chi connectivity index (χ1v) is 16.1. The summed E-state index contributed by atoms with van der Waals surface area (Å²) in [5.41, 5.74) is 4.84. The molecule has 2 radical (unpaired) electrons. The minimum atomic E-state index is 0.325. The van der Waals surface area contributed by atoms with Gasteiger partial charge in [-0.15, -0.1) is 0 Å². The lowest BCUT2D eigenvalue weighted by Gasteiger charge is -2.27. The van der Waals surface area contributed by atoms with Crippen LogP contribution in [-0.4, -0.2) is 9.52 Å². The molecule has 1 heteroatoms. The van der Waals surface area contributed by atoms with Crippen LogP contribution in [0.4, 0.5) is 0 Å². The molecule has 0 aliphatic heterocycles. The summed E-state index contributed by atoms with van der Waals surface area (Å²) in [6.07, 6.45) is 36.0. The van der Waals surface area contributed by atoms with Gasteiger partial charge in [-0.05, 0) is 47.4 Å². The van der Waals surface area contributed by atoms with Gasteiger partial charge in [0.05, 0.1) is 9.52 Å². The van der Waals surface area contributed by atoms with Crippen LogP contribution in [0.5, 0.6) is 0 Å². The third-order valence-electron chi connectivity index (χ3n) is 8.04. The number of hydrogen-bond donors (Lipinski definition) is 0. The van der Waals surface area contributed by atoms with Gasteiger partial charge in [-0.3, -0.25) is 0 Å². The Bertz CT molecular complexity index is 814. The predicted octanol–water partition coefficient (Wildman–Crippen LogP) is 11.0. The molecule has 0 saturated carbocycles. The number of benzene rings is 1. The molecule has 0 amide bonds. The molecule has 0 fully saturated rings. The molecule has 0 saturated heterocycles. The number of unbranched alkanes of at least 4 members (excludes halogenated alkanes) is 15. The molecule has 0 N–H and O–H groups in total. The average Bonchev–Trinajstić information content (AvgIpc) is 3.20. The highest BCUT2D eigenvalue weighted by Crippen LogP contribution is 2.42. The highest BCUT2D eigenvalue weighted by molar-refractivity contribution is 6.52. The van der Waals surface area contributed by atoms with Gasteiger partial charge in [0.15, 0.2) is 0 Å². The second kappa shape index (κ2) is 16.4. The summed E-state index contributed by atoms with van der Waals surface area (Å²) >= 11 is 0. The zero-order chi connectivity index (χ0) is 24.6. The van der Waals surface area contributed by atoms with E-state index in [1.807, 2.05) is 0 Å². The molecule has 0 nitrogen and oxygen atoms in total. The van der Waals surface area contributed by atoms with Crippen LogP contribution in [0.3, 0.4) is 0 Å². The summed E-state index contributed by atoms with van der Waals surface area (Å²) in [5, 5.41) is 2.07. The fraction of sp³-hybridized carbons (Fsp3) is 0.647. The molecule has 3 rings (SSSR count). The molecule has 35 heavy (non-hydrogen) atoms. The molecular formula is C34H52Si. The molecule has 0 spiro atoms. The Morgan fingerprint density at radius 1 is 0.714 bits per heavy atom. The van der Waals surface area contributed by atoms with Gasteiger partial charge in [-0.25, -0.2) is 0 Å². The molecule has 0 heterocycles.